The van der Waals surface area contributed by atoms with Crippen LogP contribution in [0.4, 0.5) is 26.1 Å². The van der Waals surface area contributed by atoms with Crippen LogP contribution in [0.5, 0.6) is 5.75 Å². The third kappa shape index (κ3) is 7.04. The number of nitrogens with one attached hydrogen (secondary N) is 3. The van der Waals surface area contributed by atoms with Crippen LogP contribution in [0.2, 0.25) is 0 Å². The van der Waals surface area contributed by atoms with Crippen LogP contribution in [0.1, 0.15) is 49.8 Å². The maximum absolute atomic E-state index is 15.3. The van der Waals surface area contributed by atoms with Crippen molar-refractivity contribution in [3.63, 3.8) is 0 Å². The Morgan fingerprint density at radius 1 is 1.16 bits per heavy atom. The second-order valence-electron chi connectivity index (χ2n) is 10.1. The summed E-state index contributed by atoms with van der Waals surface area (Å²) < 4.78 is 41.5. The van der Waals surface area contributed by atoms with Gasteiger partial charge in [0.2, 0.25) is 5.69 Å². The predicted molar refractivity (Wildman–Crippen MR) is 166 cm³/mol. The minimum atomic E-state index is -1.03. The van der Waals surface area contributed by atoms with Gasteiger partial charge in [-0.05, 0) is 76.9 Å². The van der Waals surface area contributed by atoms with Crippen molar-refractivity contribution in [2.45, 2.75) is 39.8 Å². The fourth-order valence-corrected chi connectivity index (χ4v) is 4.33. The van der Waals surface area contributed by atoms with Gasteiger partial charge in [0.25, 0.3) is 11.5 Å². The number of H-pyrrole nitrogens is 1. The van der Waals surface area contributed by atoms with Gasteiger partial charge in [0.15, 0.2) is 17.4 Å². The second-order valence-corrected chi connectivity index (χ2v) is 10.1. The zero-order valence-corrected chi connectivity index (χ0v) is 25.2. The highest BCUT2D eigenvalue weighted by molar-refractivity contribution is 6.02. The molecule has 45 heavy (non-hydrogen) atoms. The largest absolute Gasteiger partial charge is 0.454 e. The number of aliphatic imine (C=N–C) groups is 1. The average Bonchev–Trinajstić information content (AvgIpc) is 3.39. The third-order valence-electron chi connectivity index (χ3n) is 6.41. The normalized spacial score (nSPS) is 12.2. The first-order valence-electron chi connectivity index (χ1n) is 13.8. The van der Waals surface area contributed by atoms with Gasteiger partial charge in [-0.15, -0.1) is 0 Å². The molecule has 1 atom stereocenters. The van der Waals surface area contributed by atoms with Gasteiger partial charge in [0.1, 0.15) is 23.0 Å². The molecule has 236 valence electrons. The molecule has 4 rings (SSSR count). The quantitative estimate of drug-likeness (QED) is 0.155. The molecular weight excluding hydrogens is 590 g/mol. The molecule has 0 unspecified atom stereocenters. The number of hydrogen-bond acceptors (Lipinski definition) is 9. The van der Waals surface area contributed by atoms with Gasteiger partial charge in [-0.25, -0.2) is 27.8 Å². The standard InChI is InChI=1S/C30H32F2N8O5/c1-7-22(24-26(33-5)36-37-27(24)34-17(4)15-44-6)45-23-13-10-19(14-21(23)32)35-28(41)25-29(42)39(20-11-8-18(31)9-12-20)30(43)40(38-25)16(2)3/h7-14,16-17H,5,15H2,1-4,6H3,(H,35,41)(H2,34,36,37)/b22-7+/t17-/m0/s1. The second kappa shape index (κ2) is 13.9. The first kappa shape index (κ1) is 32.5. The molecule has 0 bridgehead atoms. The fourth-order valence-electron chi connectivity index (χ4n) is 4.33. The molecule has 2 heterocycles. The van der Waals surface area contributed by atoms with Crippen molar-refractivity contribution in [2.24, 2.45) is 4.99 Å². The summed E-state index contributed by atoms with van der Waals surface area (Å²) in [6, 6.07) is 7.62. The van der Waals surface area contributed by atoms with Gasteiger partial charge >= 0.3 is 5.69 Å². The molecule has 0 aliphatic rings. The number of nitrogens with zero attached hydrogens (tertiary/aromatic N) is 5. The number of aromatic nitrogens is 5. The molecular formula is C30H32F2N8O5. The van der Waals surface area contributed by atoms with E-state index in [1.54, 1.807) is 34.0 Å². The summed E-state index contributed by atoms with van der Waals surface area (Å²) in [7, 11) is 1.57. The van der Waals surface area contributed by atoms with E-state index in [4.69, 9.17) is 9.47 Å². The molecule has 1 amide bonds. The number of methoxy groups -OCH3 is 1. The number of halogens is 2. The maximum atomic E-state index is 15.3. The van der Waals surface area contributed by atoms with Crippen molar-refractivity contribution in [1.29, 1.82) is 0 Å². The first-order chi connectivity index (χ1) is 21.5. The molecule has 15 heteroatoms. The molecule has 3 N–H and O–H groups in total. The van der Waals surface area contributed by atoms with Crippen molar-refractivity contribution in [2.75, 3.05) is 24.4 Å². The molecule has 13 nitrogen and oxygen atoms in total. The van der Waals surface area contributed by atoms with Crippen molar-refractivity contribution >= 4 is 35.7 Å². The number of allylic oxidation sites excluding steroid dienone is 1. The van der Waals surface area contributed by atoms with E-state index in [1.807, 2.05) is 6.92 Å². The maximum Gasteiger partial charge on any atom is 0.352 e. The highest BCUT2D eigenvalue weighted by atomic mass is 19.1. The first-order valence-corrected chi connectivity index (χ1v) is 13.8. The molecule has 0 saturated carbocycles. The molecule has 0 radical (unpaired) electrons. The predicted octanol–water partition coefficient (Wildman–Crippen LogP) is 4.45. The smallest absolute Gasteiger partial charge is 0.352 e. The van der Waals surface area contributed by atoms with Crippen LogP contribution in [0, 0.1) is 11.6 Å². The number of ether oxygens (including phenoxy) is 2. The van der Waals surface area contributed by atoms with Crippen LogP contribution in [-0.2, 0) is 4.74 Å². The monoisotopic (exact) mass is 622 g/mol. The topological polar surface area (TPSA) is 158 Å². The van der Waals surface area contributed by atoms with E-state index in [0.717, 1.165) is 27.4 Å². The van der Waals surface area contributed by atoms with E-state index in [9.17, 15) is 18.8 Å². The molecule has 4 aromatic rings. The number of hydrogen-bond donors (Lipinski definition) is 3. The molecule has 2 aromatic heterocycles. The van der Waals surface area contributed by atoms with Gasteiger partial charge in [0.05, 0.1) is 18.3 Å². The number of aromatic amines is 1. The zero-order chi connectivity index (χ0) is 32.8. The Hall–Kier alpha value is -5.44. The number of amides is 1. The van der Waals surface area contributed by atoms with Crippen molar-refractivity contribution in [3.05, 3.63) is 92.3 Å². The van der Waals surface area contributed by atoms with Crippen molar-refractivity contribution < 1.29 is 23.0 Å². The molecule has 2 aromatic carbocycles. The summed E-state index contributed by atoms with van der Waals surface area (Å²) in [5, 5.41) is 16.6. The average molecular weight is 623 g/mol. The van der Waals surface area contributed by atoms with Crippen molar-refractivity contribution in [1.82, 2.24) is 24.5 Å². The lowest BCUT2D eigenvalue weighted by Crippen LogP contribution is -2.45. The Morgan fingerprint density at radius 2 is 1.87 bits per heavy atom. The minimum absolute atomic E-state index is 0.0174. The van der Waals surface area contributed by atoms with Crippen LogP contribution in [0.25, 0.3) is 11.4 Å². The minimum Gasteiger partial charge on any atom is -0.454 e. The Bertz CT molecular complexity index is 1860. The van der Waals surface area contributed by atoms with Crippen LogP contribution < -0.4 is 26.6 Å². The van der Waals surface area contributed by atoms with Gasteiger partial charge in [-0.1, -0.05) is 0 Å². The van der Waals surface area contributed by atoms with E-state index in [2.05, 4.69) is 37.6 Å². The van der Waals surface area contributed by atoms with E-state index in [1.165, 1.54) is 24.3 Å². The van der Waals surface area contributed by atoms with Crippen LogP contribution in [0.15, 0.2) is 63.1 Å². The highest BCUT2D eigenvalue weighted by Crippen LogP contribution is 2.34. The Morgan fingerprint density at radius 3 is 2.47 bits per heavy atom. The molecule has 0 aliphatic carbocycles. The van der Waals surface area contributed by atoms with Gasteiger partial charge in [0, 0.05) is 24.9 Å². The number of anilines is 2. The molecule has 0 saturated heterocycles. The van der Waals surface area contributed by atoms with Crippen LogP contribution in [-0.4, -0.2) is 56.9 Å². The lowest BCUT2D eigenvalue weighted by molar-refractivity contribution is 0.101. The van der Waals surface area contributed by atoms with Crippen LogP contribution >= 0.6 is 0 Å². The van der Waals surface area contributed by atoms with E-state index >= 15 is 4.39 Å². The summed E-state index contributed by atoms with van der Waals surface area (Å²) in [4.78, 5) is 43.4. The number of carbonyl (C=O) groups is 1. The summed E-state index contributed by atoms with van der Waals surface area (Å²) in [5.41, 5.74) is -2.04. The Kier molecular flexibility index (Phi) is 10.0. The Balaban J connectivity index is 1.62. The molecule has 0 fully saturated rings. The van der Waals surface area contributed by atoms with E-state index < -0.39 is 40.5 Å². The molecule has 0 aliphatic heterocycles. The summed E-state index contributed by atoms with van der Waals surface area (Å²) in [5.74, 6) is -1.69. The number of benzene rings is 2. The number of carbonyl (C=O) groups excluding carboxylic acids is 1. The molecule has 0 spiro atoms. The van der Waals surface area contributed by atoms with Crippen molar-refractivity contribution in [3.8, 4) is 11.4 Å². The van der Waals surface area contributed by atoms with Crippen LogP contribution in [0.3, 0.4) is 0 Å². The van der Waals surface area contributed by atoms with E-state index in [-0.39, 0.29) is 34.7 Å². The van der Waals surface area contributed by atoms with Gasteiger partial charge < -0.3 is 20.1 Å². The SMILES string of the molecule is C=Nc1n[nH]c(N[C@@H](C)COC)c1/C(=C\C)Oc1ccc(NC(=O)c2nn(C(C)C)c(=O)n(-c3ccc(F)cc3)c2=O)cc1F. The Labute approximate surface area is 256 Å². The summed E-state index contributed by atoms with van der Waals surface area (Å²) >= 11 is 0. The summed E-state index contributed by atoms with van der Waals surface area (Å²) in [6.07, 6.45) is 1.60. The van der Waals surface area contributed by atoms with Gasteiger partial charge in [-0.2, -0.15) is 10.2 Å². The third-order valence-corrected chi connectivity index (χ3v) is 6.41. The van der Waals surface area contributed by atoms with E-state index in [0.29, 0.717) is 18.0 Å². The fraction of sp³-hybridized carbons (Fsp3) is 0.267. The zero-order valence-electron chi connectivity index (χ0n) is 25.2. The lowest BCUT2D eigenvalue weighted by Gasteiger charge is -2.16. The van der Waals surface area contributed by atoms with Gasteiger partial charge in [-0.3, -0.25) is 14.7 Å². The summed E-state index contributed by atoms with van der Waals surface area (Å²) in [6.45, 7) is 10.8. The highest BCUT2D eigenvalue weighted by Gasteiger charge is 2.24. The lowest BCUT2D eigenvalue weighted by atomic mass is 10.2. The number of rotatable bonds is 12.